The Kier molecular flexibility index (Phi) is 3.74. The zero-order chi connectivity index (χ0) is 12.3. The van der Waals surface area contributed by atoms with Crippen LogP contribution in [-0.4, -0.2) is 17.6 Å². The Balaban J connectivity index is 3.29. The minimum atomic E-state index is -4.74. The Labute approximate surface area is 94.2 Å². The van der Waals surface area contributed by atoms with E-state index in [2.05, 4.69) is 9.72 Å². The van der Waals surface area contributed by atoms with Gasteiger partial charge in [-0.05, 0) is 13.0 Å². The molecular formula is C9H7ClF3NO2. The number of nitrogens with zero attached hydrogens (tertiary/aromatic N) is 1. The van der Waals surface area contributed by atoms with Crippen molar-refractivity contribution in [3.05, 3.63) is 28.5 Å². The number of hydrogen-bond donors (Lipinski definition) is 0. The summed E-state index contributed by atoms with van der Waals surface area (Å²) in [7, 11) is 0. The summed E-state index contributed by atoms with van der Waals surface area (Å²) in [6, 6.07) is 0.923. The molecular weight excluding hydrogens is 247 g/mol. The average molecular weight is 254 g/mol. The lowest BCUT2D eigenvalue weighted by Gasteiger charge is -2.12. The van der Waals surface area contributed by atoms with Crippen LogP contribution in [0.1, 0.15) is 22.8 Å². The van der Waals surface area contributed by atoms with Crippen LogP contribution in [0.5, 0.6) is 0 Å². The van der Waals surface area contributed by atoms with E-state index in [1.54, 1.807) is 0 Å². The van der Waals surface area contributed by atoms with Crippen molar-refractivity contribution in [1.29, 1.82) is 0 Å². The first-order chi connectivity index (χ1) is 7.38. The van der Waals surface area contributed by atoms with Gasteiger partial charge in [0.05, 0.1) is 12.2 Å². The molecule has 0 amide bonds. The second-order valence-corrected chi connectivity index (χ2v) is 3.10. The number of esters is 1. The van der Waals surface area contributed by atoms with E-state index >= 15 is 0 Å². The molecule has 0 bridgehead atoms. The summed E-state index contributed by atoms with van der Waals surface area (Å²) in [5.41, 5.74) is -1.90. The van der Waals surface area contributed by atoms with Gasteiger partial charge in [-0.25, -0.2) is 9.78 Å². The van der Waals surface area contributed by atoms with Crippen molar-refractivity contribution >= 4 is 17.6 Å². The molecule has 0 unspecified atom stereocenters. The summed E-state index contributed by atoms with van der Waals surface area (Å²) in [6.07, 6.45) is -3.72. The zero-order valence-electron chi connectivity index (χ0n) is 8.14. The Morgan fingerprint density at radius 2 is 2.19 bits per heavy atom. The normalized spacial score (nSPS) is 11.3. The second kappa shape index (κ2) is 4.69. The number of carbonyl (C=O) groups is 1. The molecule has 0 radical (unpaired) electrons. The minimum Gasteiger partial charge on any atom is -0.462 e. The van der Waals surface area contributed by atoms with E-state index < -0.39 is 28.4 Å². The summed E-state index contributed by atoms with van der Waals surface area (Å²) in [4.78, 5) is 14.5. The van der Waals surface area contributed by atoms with Gasteiger partial charge in [-0.3, -0.25) is 0 Å². The number of rotatable bonds is 2. The number of hydrogen-bond acceptors (Lipinski definition) is 3. The van der Waals surface area contributed by atoms with Crippen molar-refractivity contribution in [2.45, 2.75) is 13.1 Å². The van der Waals surface area contributed by atoms with Crippen molar-refractivity contribution in [2.24, 2.45) is 0 Å². The lowest BCUT2D eigenvalue weighted by atomic mass is 10.1. The molecule has 1 aromatic heterocycles. The number of halogens is 4. The van der Waals surface area contributed by atoms with Crippen molar-refractivity contribution in [1.82, 2.24) is 4.98 Å². The quantitative estimate of drug-likeness (QED) is 0.601. The third-order valence-corrected chi connectivity index (χ3v) is 1.97. The largest absolute Gasteiger partial charge is 0.462 e. The number of aromatic nitrogens is 1. The zero-order valence-corrected chi connectivity index (χ0v) is 8.89. The Morgan fingerprint density at radius 3 is 2.69 bits per heavy atom. The predicted molar refractivity (Wildman–Crippen MR) is 50.2 cm³/mol. The number of carbonyl (C=O) groups excluding carboxylic acids is 1. The van der Waals surface area contributed by atoms with Crippen molar-refractivity contribution in [2.75, 3.05) is 6.61 Å². The van der Waals surface area contributed by atoms with Crippen molar-refractivity contribution in [3.8, 4) is 0 Å². The van der Waals surface area contributed by atoms with E-state index in [-0.39, 0.29) is 6.61 Å². The molecule has 0 aliphatic rings. The van der Waals surface area contributed by atoms with E-state index in [0.717, 1.165) is 12.3 Å². The summed E-state index contributed by atoms with van der Waals surface area (Å²) in [5.74, 6) is -1.07. The number of ether oxygens (including phenoxy) is 1. The summed E-state index contributed by atoms with van der Waals surface area (Å²) in [5, 5.41) is -0.766. The van der Waals surface area contributed by atoms with E-state index in [1.165, 1.54) is 6.92 Å². The maximum Gasteiger partial charge on any atom is 0.420 e. The van der Waals surface area contributed by atoms with Crippen LogP contribution in [0.2, 0.25) is 5.15 Å². The first kappa shape index (κ1) is 12.8. The lowest BCUT2D eigenvalue weighted by molar-refractivity contribution is -0.138. The van der Waals surface area contributed by atoms with Gasteiger partial charge in [0.25, 0.3) is 0 Å². The minimum absolute atomic E-state index is 0.0178. The van der Waals surface area contributed by atoms with Gasteiger partial charge in [-0.2, -0.15) is 13.2 Å². The fraction of sp³-hybridized carbons (Fsp3) is 0.333. The molecule has 3 nitrogen and oxygen atoms in total. The first-order valence-electron chi connectivity index (χ1n) is 4.26. The molecule has 7 heteroatoms. The summed E-state index contributed by atoms with van der Waals surface area (Å²) >= 11 is 5.32. The molecule has 1 heterocycles. The van der Waals surface area contributed by atoms with Crippen LogP contribution < -0.4 is 0 Å². The Bertz CT molecular complexity index is 406. The highest BCUT2D eigenvalue weighted by Crippen LogP contribution is 2.36. The third-order valence-electron chi connectivity index (χ3n) is 1.68. The number of pyridine rings is 1. The number of alkyl halides is 3. The molecule has 0 spiro atoms. The molecule has 0 aliphatic heterocycles. The lowest BCUT2D eigenvalue weighted by Crippen LogP contribution is -2.16. The van der Waals surface area contributed by atoms with Crippen molar-refractivity contribution < 1.29 is 22.7 Å². The molecule has 1 rings (SSSR count). The maximum absolute atomic E-state index is 12.6. The molecule has 0 atom stereocenters. The SMILES string of the molecule is CCOC(=O)c1ccnc(Cl)c1C(F)(F)F. The monoisotopic (exact) mass is 253 g/mol. The first-order valence-corrected chi connectivity index (χ1v) is 4.64. The van der Waals surface area contributed by atoms with Gasteiger partial charge in [-0.15, -0.1) is 0 Å². The van der Waals surface area contributed by atoms with Crippen molar-refractivity contribution in [3.63, 3.8) is 0 Å². The van der Waals surface area contributed by atoms with Gasteiger partial charge in [0.1, 0.15) is 10.7 Å². The van der Waals surface area contributed by atoms with E-state index in [0.29, 0.717) is 0 Å². The summed E-state index contributed by atoms with van der Waals surface area (Å²) in [6.45, 7) is 1.48. The maximum atomic E-state index is 12.6. The summed E-state index contributed by atoms with van der Waals surface area (Å²) < 4.78 is 42.2. The predicted octanol–water partition coefficient (Wildman–Crippen LogP) is 2.93. The molecule has 16 heavy (non-hydrogen) atoms. The van der Waals surface area contributed by atoms with Crippen LogP contribution in [0.25, 0.3) is 0 Å². The van der Waals surface area contributed by atoms with E-state index in [1.807, 2.05) is 0 Å². The van der Waals surface area contributed by atoms with Gasteiger partial charge < -0.3 is 4.74 Å². The molecule has 88 valence electrons. The Morgan fingerprint density at radius 1 is 1.56 bits per heavy atom. The van der Waals surface area contributed by atoms with E-state index in [4.69, 9.17) is 11.6 Å². The standard InChI is InChI=1S/C9H7ClF3NO2/c1-2-16-8(15)5-3-4-14-7(10)6(5)9(11,12)13/h3-4H,2H2,1H3. The molecule has 0 N–H and O–H groups in total. The van der Waals surface area contributed by atoms with Gasteiger partial charge >= 0.3 is 12.1 Å². The van der Waals surface area contributed by atoms with Crippen LogP contribution in [0.15, 0.2) is 12.3 Å². The average Bonchev–Trinajstić information content (AvgIpc) is 2.15. The smallest absolute Gasteiger partial charge is 0.420 e. The van der Waals surface area contributed by atoms with Gasteiger partial charge in [0.15, 0.2) is 0 Å². The molecule has 0 fully saturated rings. The highest BCUT2D eigenvalue weighted by atomic mass is 35.5. The molecule has 0 aliphatic carbocycles. The highest BCUT2D eigenvalue weighted by Gasteiger charge is 2.38. The van der Waals surface area contributed by atoms with Gasteiger partial charge in [-0.1, -0.05) is 11.6 Å². The second-order valence-electron chi connectivity index (χ2n) is 2.74. The topological polar surface area (TPSA) is 39.2 Å². The highest BCUT2D eigenvalue weighted by molar-refractivity contribution is 6.30. The van der Waals surface area contributed by atoms with Gasteiger partial charge in [0.2, 0.25) is 0 Å². The van der Waals surface area contributed by atoms with Crippen LogP contribution in [0, 0.1) is 0 Å². The van der Waals surface area contributed by atoms with Crippen LogP contribution in [0.3, 0.4) is 0 Å². The van der Waals surface area contributed by atoms with Crippen LogP contribution in [-0.2, 0) is 10.9 Å². The van der Waals surface area contributed by atoms with E-state index in [9.17, 15) is 18.0 Å². The van der Waals surface area contributed by atoms with Crippen LogP contribution in [0.4, 0.5) is 13.2 Å². The Hall–Kier alpha value is -1.30. The molecule has 1 aromatic rings. The third kappa shape index (κ3) is 2.63. The fourth-order valence-electron chi connectivity index (χ4n) is 1.08. The van der Waals surface area contributed by atoms with Gasteiger partial charge in [0, 0.05) is 6.20 Å². The fourth-order valence-corrected chi connectivity index (χ4v) is 1.35. The molecule has 0 aromatic carbocycles. The molecule has 0 saturated carbocycles. The molecule has 0 saturated heterocycles. The van der Waals surface area contributed by atoms with Crippen LogP contribution >= 0.6 is 11.6 Å².